The highest BCUT2D eigenvalue weighted by Gasteiger charge is 2.25. The van der Waals surface area contributed by atoms with E-state index in [-0.39, 0.29) is 0 Å². The van der Waals surface area contributed by atoms with Crippen LogP contribution in [0.4, 0.5) is 5.69 Å². The first-order chi connectivity index (χ1) is 6.31. The lowest BCUT2D eigenvalue weighted by Crippen LogP contribution is -2.03. The number of aromatic nitrogens is 1. The van der Waals surface area contributed by atoms with Gasteiger partial charge in [-0.1, -0.05) is 0 Å². The van der Waals surface area contributed by atoms with Crippen molar-refractivity contribution in [2.24, 2.45) is 0 Å². The lowest BCUT2D eigenvalue weighted by molar-refractivity contribution is 0.301. The number of nitrogens with zero attached hydrogens (tertiary/aromatic N) is 1. The number of rotatable bonds is 3. The van der Waals surface area contributed by atoms with E-state index in [0.29, 0.717) is 6.10 Å². The van der Waals surface area contributed by atoms with Crippen molar-refractivity contribution in [3.05, 3.63) is 18.0 Å². The van der Waals surface area contributed by atoms with Crippen LogP contribution in [0.15, 0.2) is 12.3 Å². The van der Waals surface area contributed by atoms with Crippen molar-refractivity contribution in [3.63, 3.8) is 0 Å². The molecule has 0 radical (unpaired) electrons. The highest BCUT2D eigenvalue weighted by atomic mass is 16.5. The van der Waals surface area contributed by atoms with Gasteiger partial charge < -0.3 is 10.1 Å². The predicted octanol–water partition coefficient (Wildman–Crippen LogP) is 1.97. The van der Waals surface area contributed by atoms with Gasteiger partial charge in [0.05, 0.1) is 17.5 Å². The second-order valence-electron chi connectivity index (χ2n) is 3.34. The molecule has 3 nitrogen and oxygen atoms in total. The average molecular weight is 178 g/mol. The zero-order valence-corrected chi connectivity index (χ0v) is 8.00. The summed E-state index contributed by atoms with van der Waals surface area (Å²) in [4.78, 5) is 4.20. The maximum absolute atomic E-state index is 5.75. The van der Waals surface area contributed by atoms with Gasteiger partial charge in [-0.2, -0.15) is 0 Å². The Labute approximate surface area is 78.1 Å². The number of anilines is 1. The molecular formula is C10H14N2O. The highest BCUT2D eigenvalue weighted by molar-refractivity contribution is 5.57. The molecule has 1 aliphatic rings. The topological polar surface area (TPSA) is 34.2 Å². The van der Waals surface area contributed by atoms with Crippen LogP contribution in [0.1, 0.15) is 18.5 Å². The van der Waals surface area contributed by atoms with Crippen LogP contribution in [-0.2, 0) is 0 Å². The van der Waals surface area contributed by atoms with E-state index in [9.17, 15) is 0 Å². The highest BCUT2D eigenvalue weighted by Crippen LogP contribution is 2.33. The van der Waals surface area contributed by atoms with Gasteiger partial charge in [-0.3, -0.25) is 4.98 Å². The van der Waals surface area contributed by atoms with Crippen molar-refractivity contribution in [1.82, 2.24) is 4.98 Å². The maximum Gasteiger partial charge on any atom is 0.163 e. The molecule has 0 spiro atoms. The van der Waals surface area contributed by atoms with E-state index < -0.39 is 0 Å². The molecule has 1 aromatic rings. The molecule has 0 atom stereocenters. The van der Waals surface area contributed by atoms with Crippen LogP contribution >= 0.6 is 0 Å². The molecule has 0 unspecified atom stereocenters. The lowest BCUT2D eigenvalue weighted by Gasteiger charge is -2.11. The summed E-state index contributed by atoms with van der Waals surface area (Å²) in [5.74, 6) is 0.910. The maximum atomic E-state index is 5.75. The lowest BCUT2D eigenvalue weighted by atomic mass is 10.3. The van der Waals surface area contributed by atoms with E-state index in [1.807, 2.05) is 20.0 Å². The minimum Gasteiger partial charge on any atom is -0.486 e. The van der Waals surface area contributed by atoms with E-state index in [4.69, 9.17) is 4.74 Å². The van der Waals surface area contributed by atoms with Gasteiger partial charge in [0.25, 0.3) is 0 Å². The van der Waals surface area contributed by atoms with Crippen molar-refractivity contribution in [2.45, 2.75) is 25.9 Å². The summed E-state index contributed by atoms with van der Waals surface area (Å²) >= 11 is 0. The van der Waals surface area contributed by atoms with Crippen LogP contribution in [0, 0.1) is 6.92 Å². The first-order valence-electron chi connectivity index (χ1n) is 4.61. The Morgan fingerprint density at radius 1 is 1.54 bits per heavy atom. The van der Waals surface area contributed by atoms with Crippen molar-refractivity contribution in [2.75, 3.05) is 12.4 Å². The van der Waals surface area contributed by atoms with E-state index in [1.165, 1.54) is 12.8 Å². The van der Waals surface area contributed by atoms with Crippen molar-refractivity contribution in [3.8, 4) is 5.75 Å². The second-order valence-corrected chi connectivity index (χ2v) is 3.34. The van der Waals surface area contributed by atoms with Gasteiger partial charge in [0, 0.05) is 13.2 Å². The molecule has 0 amide bonds. The Kier molecular flexibility index (Phi) is 2.08. The van der Waals surface area contributed by atoms with Crippen LogP contribution in [-0.4, -0.2) is 18.1 Å². The predicted molar refractivity (Wildman–Crippen MR) is 52.2 cm³/mol. The van der Waals surface area contributed by atoms with Crippen molar-refractivity contribution < 1.29 is 4.74 Å². The molecule has 0 aromatic carbocycles. The zero-order chi connectivity index (χ0) is 9.26. The molecule has 70 valence electrons. The van der Waals surface area contributed by atoms with Gasteiger partial charge in [-0.25, -0.2) is 0 Å². The molecule has 1 fully saturated rings. The monoisotopic (exact) mass is 178 g/mol. The number of aryl methyl sites for hydroxylation is 1. The number of pyridine rings is 1. The number of ether oxygens (including phenoxy) is 1. The van der Waals surface area contributed by atoms with Gasteiger partial charge in [-0.05, 0) is 25.8 Å². The Bertz CT molecular complexity index is 308. The van der Waals surface area contributed by atoms with Crippen LogP contribution in [0.2, 0.25) is 0 Å². The van der Waals surface area contributed by atoms with Crippen LogP contribution in [0.25, 0.3) is 0 Å². The first-order valence-corrected chi connectivity index (χ1v) is 4.61. The number of hydrogen-bond donors (Lipinski definition) is 1. The quantitative estimate of drug-likeness (QED) is 0.768. The molecule has 1 aliphatic carbocycles. The Morgan fingerprint density at radius 2 is 2.31 bits per heavy atom. The molecular weight excluding hydrogens is 164 g/mol. The van der Waals surface area contributed by atoms with E-state index in [0.717, 1.165) is 17.1 Å². The van der Waals surface area contributed by atoms with Gasteiger partial charge in [0.15, 0.2) is 5.75 Å². The molecule has 1 N–H and O–H groups in total. The summed E-state index contributed by atoms with van der Waals surface area (Å²) in [7, 11) is 1.90. The number of hydrogen-bond acceptors (Lipinski definition) is 3. The molecule has 1 heterocycles. The summed E-state index contributed by atoms with van der Waals surface area (Å²) in [6.45, 7) is 1.97. The van der Waals surface area contributed by atoms with Crippen LogP contribution in [0.3, 0.4) is 0 Å². The van der Waals surface area contributed by atoms with E-state index >= 15 is 0 Å². The van der Waals surface area contributed by atoms with Crippen LogP contribution < -0.4 is 10.1 Å². The summed E-state index contributed by atoms with van der Waals surface area (Å²) < 4.78 is 5.75. The summed E-state index contributed by atoms with van der Waals surface area (Å²) in [6.07, 6.45) is 4.57. The molecule has 0 aliphatic heterocycles. The Balaban J connectivity index is 2.27. The second kappa shape index (κ2) is 3.24. The van der Waals surface area contributed by atoms with Crippen molar-refractivity contribution >= 4 is 5.69 Å². The third-order valence-corrected chi connectivity index (χ3v) is 2.16. The molecule has 0 saturated heterocycles. The van der Waals surface area contributed by atoms with Gasteiger partial charge >= 0.3 is 0 Å². The summed E-state index contributed by atoms with van der Waals surface area (Å²) in [5.41, 5.74) is 1.98. The average Bonchev–Trinajstić information content (AvgIpc) is 2.92. The molecule has 13 heavy (non-hydrogen) atoms. The molecule has 1 aromatic heterocycles. The zero-order valence-electron chi connectivity index (χ0n) is 8.00. The molecule has 2 rings (SSSR count). The van der Waals surface area contributed by atoms with Crippen LogP contribution in [0.5, 0.6) is 5.75 Å². The molecule has 3 heteroatoms. The third-order valence-electron chi connectivity index (χ3n) is 2.16. The van der Waals surface area contributed by atoms with Gasteiger partial charge in [-0.15, -0.1) is 0 Å². The fourth-order valence-corrected chi connectivity index (χ4v) is 1.25. The SMILES string of the molecule is CNc1ccnc(C)c1OC1CC1. The normalized spacial score (nSPS) is 15.5. The standard InChI is InChI=1S/C10H14N2O/c1-7-10(13-8-3-4-8)9(11-2)5-6-12-7/h5-6,8H,3-4H2,1-2H3,(H,11,12). The smallest absolute Gasteiger partial charge is 0.163 e. The van der Waals surface area contributed by atoms with E-state index in [2.05, 4.69) is 10.3 Å². The minimum absolute atomic E-state index is 0.426. The third kappa shape index (κ3) is 1.74. The fraction of sp³-hybridized carbons (Fsp3) is 0.500. The first kappa shape index (κ1) is 8.35. The van der Waals surface area contributed by atoms with Crippen molar-refractivity contribution in [1.29, 1.82) is 0 Å². The largest absolute Gasteiger partial charge is 0.486 e. The molecule has 0 bridgehead atoms. The van der Waals surface area contributed by atoms with Gasteiger partial charge in [0.2, 0.25) is 0 Å². The van der Waals surface area contributed by atoms with Gasteiger partial charge in [0.1, 0.15) is 0 Å². The molecule has 1 saturated carbocycles. The summed E-state index contributed by atoms with van der Waals surface area (Å²) in [5, 5.41) is 3.10. The fourth-order valence-electron chi connectivity index (χ4n) is 1.25. The minimum atomic E-state index is 0.426. The summed E-state index contributed by atoms with van der Waals surface area (Å²) in [6, 6.07) is 1.94. The van der Waals surface area contributed by atoms with E-state index in [1.54, 1.807) is 6.20 Å². The number of nitrogens with one attached hydrogen (secondary N) is 1. The Hall–Kier alpha value is -1.25. The Morgan fingerprint density at radius 3 is 2.92 bits per heavy atom.